The molecule has 0 bridgehead atoms. The molecule has 3 nitrogen and oxygen atoms in total. The van der Waals surface area contributed by atoms with Gasteiger partial charge in [0.1, 0.15) is 5.75 Å². The number of hydrogen-bond donors (Lipinski definition) is 3. The third kappa shape index (κ3) is 1.62. The van der Waals surface area contributed by atoms with Crippen LogP contribution in [0.4, 0.5) is 0 Å². The second kappa shape index (κ2) is 4.53. The molecule has 0 atom stereocenters. The minimum atomic E-state index is -0.292. The first-order valence-electron chi connectivity index (χ1n) is 7.10. The average Bonchev–Trinajstić information content (AvgIpc) is 2.87. The third-order valence-corrected chi connectivity index (χ3v) is 4.30. The van der Waals surface area contributed by atoms with E-state index >= 15 is 0 Å². The number of benzene rings is 3. The van der Waals surface area contributed by atoms with Crippen LogP contribution in [0.25, 0.3) is 11.1 Å². The first kappa shape index (κ1) is 12.8. The molecule has 0 heterocycles. The molecule has 108 valence electrons. The number of phenolic OH excluding ortho intramolecular Hbond substituents is 3. The predicted octanol–water partition coefficient (Wildman–Crippen LogP) is 3.96. The zero-order valence-corrected chi connectivity index (χ0v) is 11.7. The quantitative estimate of drug-likeness (QED) is 0.367. The maximum atomic E-state index is 10.3. The molecule has 0 aromatic heterocycles. The smallest absolute Gasteiger partial charge is 0.165 e. The molecule has 0 fully saturated rings. The van der Waals surface area contributed by atoms with Crippen molar-refractivity contribution in [2.75, 3.05) is 0 Å². The van der Waals surface area contributed by atoms with Crippen LogP contribution in [0.2, 0.25) is 0 Å². The summed E-state index contributed by atoms with van der Waals surface area (Å²) in [4.78, 5) is 0. The van der Waals surface area contributed by atoms with Crippen LogP contribution in [0.1, 0.15) is 22.6 Å². The van der Waals surface area contributed by atoms with E-state index in [-0.39, 0.29) is 23.2 Å². The van der Waals surface area contributed by atoms with Gasteiger partial charge in [-0.05, 0) is 34.4 Å². The van der Waals surface area contributed by atoms with Crippen LogP contribution in [-0.4, -0.2) is 15.3 Å². The van der Waals surface area contributed by atoms with Crippen LogP contribution < -0.4 is 0 Å². The van der Waals surface area contributed by atoms with Gasteiger partial charge in [0.25, 0.3) is 0 Å². The van der Waals surface area contributed by atoms with Crippen molar-refractivity contribution in [2.45, 2.75) is 5.92 Å². The summed E-state index contributed by atoms with van der Waals surface area (Å²) < 4.78 is 0. The highest BCUT2D eigenvalue weighted by molar-refractivity contribution is 5.82. The van der Waals surface area contributed by atoms with Gasteiger partial charge >= 0.3 is 0 Å². The minimum absolute atomic E-state index is 0.0215. The van der Waals surface area contributed by atoms with E-state index in [4.69, 9.17) is 0 Å². The van der Waals surface area contributed by atoms with Crippen molar-refractivity contribution in [1.29, 1.82) is 0 Å². The minimum Gasteiger partial charge on any atom is -0.507 e. The Morgan fingerprint density at radius 3 is 1.68 bits per heavy atom. The van der Waals surface area contributed by atoms with Crippen molar-refractivity contribution in [3.8, 4) is 28.4 Å². The molecule has 0 spiro atoms. The van der Waals surface area contributed by atoms with E-state index in [1.807, 2.05) is 48.5 Å². The number of fused-ring (bicyclic) bond motifs is 3. The van der Waals surface area contributed by atoms with Gasteiger partial charge in [-0.2, -0.15) is 0 Å². The molecule has 3 aromatic carbocycles. The van der Waals surface area contributed by atoms with Gasteiger partial charge in [-0.15, -0.1) is 0 Å². The Bertz CT molecular complexity index is 838. The van der Waals surface area contributed by atoms with Gasteiger partial charge < -0.3 is 15.3 Å². The Balaban J connectivity index is 2.07. The van der Waals surface area contributed by atoms with E-state index in [2.05, 4.69) is 0 Å². The molecule has 0 saturated heterocycles. The molecule has 4 rings (SSSR count). The lowest BCUT2D eigenvalue weighted by Crippen LogP contribution is -2.00. The molecular formula is C19H14O3. The van der Waals surface area contributed by atoms with Crippen LogP contribution in [0, 0.1) is 0 Å². The predicted molar refractivity (Wildman–Crippen MR) is 84.3 cm³/mol. The number of phenols is 3. The molecule has 3 aromatic rings. The van der Waals surface area contributed by atoms with Crippen molar-refractivity contribution in [3.05, 3.63) is 77.4 Å². The number of hydrogen-bond acceptors (Lipinski definition) is 3. The molecule has 1 aliphatic carbocycles. The summed E-state index contributed by atoms with van der Waals surface area (Å²) in [6.45, 7) is 0. The molecule has 1 aliphatic rings. The molecule has 0 amide bonds. The molecule has 0 aliphatic heterocycles. The summed E-state index contributed by atoms with van der Waals surface area (Å²) >= 11 is 0. The maximum absolute atomic E-state index is 10.3. The summed E-state index contributed by atoms with van der Waals surface area (Å²) in [6.07, 6.45) is 0. The zero-order valence-electron chi connectivity index (χ0n) is 11.7. The summed E-state index contributed by atoms with van der Waals surface area (Å²) in [5.74, 6) is -0.808. The van der Waals surface area contributed by atoms with Gasteiger partial charge in [0.2, 0.25) is 0 Å². The SMILES string of the molecule is Oc1ccc(O)c(C2c3ccccc3-c3ccccc32)c1O. The second-order valence-corrected chi connectivity index (χ2v) is 5.47. The van der Waals surface area contributed by atoms with Crippen molar-refractivity contribution in [2.24, 2.45) is 0 Å². The van der Waals surface area contributed by atoms with Crippen molar-refractivity contribution in [1.82, 2.24) is 0 Å². The zero-order chi connectivity index (χ0) is 15.3. The Kier molecular flexibility index (Phi) is 2.63. The van der Waals surface area contributed by atoms with Gasteiger partial charge in [0.15, 0.2) is 11.5 Å². The van der Waals surface area contributed by atoms with E-state index in [0.717, 1.165) is 22.3 Å². The van der Waals surface area contributed by atoms with E-state index in [0.29, 0.717) is 5.56 Å². The van der Waals surface area contributed by atoms with Gasteiger partial charge in [0.05, 0.1) is 5.56 Å². The van der Waals surface area contributed by atoms with Crippen molar-refractivity contribution < 1.29 is 15.3 Å². The summed E-state index contributed by atoms with van der Waals surface area (Å²) in [5.41, 5.74) is 4.55. The molecule has 3 N–H and O–H groups in total. The van der Waals surface area contributed by atoms with Gasteiger partial charge in [-0.1, -0.05) is 48.5 Å². The maximum Gasteiger partial charge on any atom is 0.165 e. The molecule has 3 heteroatoms. The Morgan fingerprint density at radius 2 is 1.09 bits per heavy atom. The monoisotopic (exact) mass is 290 g/mol. The fraction of sp³-hybridized carbons (Fsp3) is 0.0526. The van der Waals surface area contributed by atoms with Gasteiger partial charge in [0, 0.05) is 5.92 Å². The van der Waals surface area contributed by atoms with Crippen molar-refractivity contribution in [3.63, 3.8) is 0 Å². The average molecular weight is 290 g/mol. The number of aromatic hydroxyl groups is 3. The fourth-order valence-corrected chi connectivity index (χ4v) is 3.34. The van der Waals surface area contributed by atoms with Crippen LogP contribution in [0.5, 0.6) is 17.2 Å². The van der Waals surface area contributed by atoms with Crippen LogP contribution in [-0.2, 0) is 0 Å². The summed E-state index contributed by atoms with van der Waals surface area (Å²) in [6, 6.07) is 18.6. The third-order valence-electron chi connectivity index (χ3n) is 4.30. The highest BCUT2D eigenvalue weighted by Gasteiger charge is 2.33. The lowest BCUT2D eigenvalue weighted by Gasteiger charge is -2.17. The fourth-order valence-electron chi connectivity index (χ4n) is 3.34. The van der Waals surface area contributed by atoms with Gasteiger partial charge in [-0.25, -0.2) is 0 Å². The summed E-state index contributed by atoms with van der Waals surface area (Å²) in [7, 11) is 0. The lowest BCUT2D eigenvalue weighted by atomic mass is 9.88. The topological polar surface area (TPSA) is 60.7 Å². The Labute approximate surface area is 127 Å². The van der Waals surface area contributed by atoms with E-state index in [9.17, 15) is 15.3 Å². The van der Waals surface area contributed by atoms with E-state index < -0.39 is 0 Å². The highest BCUT2D eigenvalue weighted by atomic mass is 16.3. The highest BCUT2D eigenvalue weighted by Crippen LogP contribution is 2.53. The first-order valence-corrected chi connectivity index (χ1v) is 7.10. The normalized spacial score (nSPS) is 12.9. The molecule has 22 heavy (non-hydrogen) atoms. The van der Waals surface area contributed by atoms with Gasteiger partial charge in [-0.3, -0.25) is 0 Å². The Morgan fingerprint density at radius 1 is 0.591 bits per heavy atom. The number of rotatable bonds is 1. The first-order chi connectivity index (χ1) is 10.7. The standard InChI is InChI=1S/C19H14O3/c20-15-9-10-16(21)19(22)18(15)17-13-7-3-1-5-11(13)12-6-2-4-8-14(12)17/h1-10,17,20-22H. The second-order valence-electron chi connectivity index (χ2n) is 5.47. The van der Waals surface area contributed by atoms with E-state index in [1.165, 1.54) is 12.1 Å². The van der Waals surface area contributed by atoms with Crippen LogP contribution in [0.3, 0.4) is 0 Å². The molecule has 0 saturated carbocycles. The largest absolute Gasteiger partial charge is 0.507 e. The molecule has 0 unspecified atom stereocenters. The molecule has 0 radical (unpaired) electrons. The summed E-state index contributed by atoms with van der Waals surface area (Å²) in [5, 5.41) is 30.4. The van der Waals surface area contributed by atoms with Crippen LogP contribution >= 0.6 is 0 Å². The lowest BCUT2D eigenvalue weighted by molar-refractivity contribution is 0.389. The Hall–Kier alpha value is -2.94. The van der Waals surface area contributed by atoms with E-state index in [1.54, 1.807) is 0 Å². The molecular weight excluding hydrogens is 276 g/mol. The van der Waals surface area contributed by atoms with Crippen LogP contribution in [0.15, 0.2) is 60.7 Å². The van der Waals surface area contributed by atoms with Crippen molar-refractivity contribution >= 4 is 0 Å².